The maximum absolute atomic E-state index is 12.7. The smallest absolute Gasteiger partial charge is 0.323 e. The van der Waals surface area contributed by atoms with Gasteiger partial charge in [-0.3, -0.25) is 4.79 Å². The van der Waals surface area contributed by atoms with Crippen molar-refractivity contribution in [2.24, 2.45) is 0 Å². The molecule has 3 amide bonds. The minimum Gasteiger partial charge on any atom is -0.339 e. The largest absolute Gasteiger partial charge is 0.339 e. The van der Waals surface area contributed by atoms with Crippen LogP contribution in [0.5, 0.6) is 0 Å². The number of nitrogens with zero attached hydrogens (tertiary/aromatic N) is 1. The van der Waals surface area contributed by atoms with E-state index in [4.69, 9.17) is 11.6 Å². The summed E-state index contributed by atoms with van der Waals surface area (Å²) in [4.78, 5) is 26.8. The molecule has 2 aromatic carbocycles. The second-order valence-electron chi connectivity index (χ2n) is 5.99. The molecule has 0 radical (unpaired) electrons. The molecule has 0 atom stereocenters. The lowest BCUT2D eigenvalue weighted by molar-refractivity contribution is 0.0725. The lowest BCUT2D eigenvalue weighted by Gasteiger charge is -2.27. The molecule has 0 unspecified atom stereocenters. The van der Waals surface area contributed by atoms with Crippen molar-refractivity contribution in [3.63, 3.8) is 0 Å². The third-order valence-corrected chi connectivity index (χ3v) is 4.37. The van der Waals surface area contributed by atoms with Crippen molar-refractivity contribution in [2.75, 3.05) is 23.7 Å². The lowest BCUT2D eigenvalue weighted by Crippen LogP contribution is -2.36. The summed E-state index contributed by atoms with van der Waals surface area (Å²) in [5.41, 5.74) is 1.59. The molecule has 5 nitrogen and oxygen atoms in total. The van der Waals surface area contributed by atoms with Crippen molar-refractivity contribution in [3.8, 4) is 0 Å². The van der Waals surface area contributed by atoms with Gasteiger partial charge in [-0.15, -0.1) is 0 Å². The Balaban J connectivity index is 1.72. The molecular formula is C19H20ClN3O2. The Morgan fingerprint density at radius 2 is 1.68 bits per heavy atom. The van der Waals surface area contributed by atoms with Crippen LogP contribution in [-0.2, 0) is 0 Å². The van der Waals surface area contributed by atoms with Gasteiger partial charge < -0.3 is 15.5 Å². The van der Waals surface area contributed by atoms with E-state index in [-0.39, 0.29) is 5.91 Å². The first kappa shape index (κ1) is 17.3. The standard InChI is InChI=1S/C19H20ClN3O2/c20-14-7-6-8-15(13-14)21-19(25)22-17-10-3-2-9-16(17)18(24)23-11-4-1-5-12-23/h2-3,6-10,13H,1,4-5,11-12H2,(H2,21,22,25). The number of urea groups is 1. The highest BCUT2D eigenvalue weighted by atomic mass is 35.5. The summed E-state index contributed by atoms with van der Waals surface area (Å²) in [5, 5.41) is 6.02. The monoisotopic (exact) mass is 357 g/mol. The Morgan fingerprint density at radius 1 is 0.920 bits per heavy atom. The number of benzene rings is 2. The molecule has 0 aliphatic carbocycles. The molecule has 2 N–H and O–H groups in total. The number of nitrogens with one attached hydrogen (secondary N) is 2. The Morgan fingerprint density at radius 3 is 2.44 bits per heavy atom. The number of para-hydroxylation sites is 1. The van der Waals surface area contributed by atoms with Gasteiger partial charge in [0.1, 0.15) is 0 Å². The third-order valence-electron chi connectivity index (χ3n) is 4.13. The first-order valence-corrected chi connectivity index (χ1v) is 8.73. The molecule has 25 heavy (non-hydrogen) atoms. The zero-order valence-electron chi connectivity index (χ0n) is 13.8. The highest BCUT2D eigenvalue weighted by molar-refractivity contribution is 6.30. The highest BCUT2D eigenvalue weighted by Crippen LogP contribution is 2.21. The zero-order valence-corrected chi connectivity index (χ0v) is 14.6. The zero-order chi connectivity index (χ0) is 17.6. The lowest BCUT2D eigenvalue weighted by atomic mass is 10.1. The van der Waals surface area contributed by atoms with Gasteiger partial charge in [0, 0.05) is 23.8 Å². The number of anilines is 2. The summed E-state index contributed by atoms with van der Waals surface area (Å²) < 4.78 is 0. The van der Waals surface area contributed by atoms with Crippen LogP contribution < -0.4 is 10.6 Å². The maximum Gasteiger partial charge on any atom is 0.323 e. The quantitative estimate of drug-likeness (QED) is 0.842. The number of rotatable bonds is 3. The second kappa shape index (κ2) is 8.03. The van der Waals surface area contributed by atoms with E-state index in [1.807, 2.05) is 4.90 Å². The summed E-state index contributed by atoms with van der Waals surface area (Å²) in [6.45, 7) is 1.53. The molecular weight excluding hydrogens is 338 g/mol. The van der Waals surface area contributed by atoms with Crippen LogP contribution in [0.4, 0.5) is 16.2 Å². The summed E-state index contributed by atoms with van der Waals surface area (Å²) in [6, 6.07) is 13.5. The van der Waals surface area contributed by atoms with Gasteiger partial charge >= 0.3 is 6.03 Å². The van der Waals surface area contributed by atoms with Gasteiger partial charge in [0.2, 0.25) is 0 Å². The Bertz CT molecular complexity index is 773. The number of carbonyl (C=O) groups excluding carboxylic acids is 2. The number of carbonyl (C=O) groups is 2. The molecule has 1 aliphatic heterocycles. The number of halogens is 1. The van der Waals surface area contributed by atoms with E-state index in [0.29, 0.717) is 22.0 Å². The van der Waals surface area contributed by atoms with Gasteiger partial charge in [-0.2, -0.15) is 0 Å². The predicted molar refractivity (Wildman–Crippen MR) is 100 cm³/mol. The summed E-state index contributed by atoms with van der Waals surface area (Å²) in [6.07, 6.45) is 3.21. The van der Waals surface area contributed by atoms with Gasteiger partial charge in [-0.05, 0) is 49.6 Å². The van der Waals surface area contributed by atoms with Crippen LogP contribution in [-0.4, -0.2) is 29.9 Å². The number of hydrogen-bond donors (Lipinski definition) is 2. The predicted octanol–water partition coefficient (Wildman–Crippen LogP) is 4.61. The van der Waals surface area contributed by atoms with Gasteiger partial charge in [-0.1, -0.05) is 29.8 Å². The fourth-order valence-electron chi connectivity index (χ4n) is 2.90. The number of amides is 3. The second-order valence-corrected chi connectivity index (χ2v) is 6.42. The SMILES string of the molecule is O=C(Nc1cccc(Cl)c1)Nc1ccccc1C(=O)N1CCCCC1. The van der Waals surface area contributed by atoms with E-state index < -0.39 is 6.03 Å². The summed E-state index contributed by atoms with van der Waals surface area (Å²) in [5.74, 6) is -0.0432. The fraction of sp³-hybridized carbons (Fsp3) is 0.263. The van der Waals surface area contributed by atoms with E-state index in [2.05, 4.69) is 10.6 Å². The first-order chi connectivity index (χ1) is 12.1. The molecule has 3 rings (SSSR count). The molecule has 0 saturated carbocycles. The van der Waals surface area contributed by atoms with E-state index >= 15 is 0 Å². The molecule has 1 saturated heterocycles. The van der Waals surface area contributed by atoms with Crippen molar-refractivity contribution < 1.29 is 9.59 Å². The Kier molecular flexibility index (Phi) is 5.56. The first-order valence-electron chi connectivity index (χ1n) is 8.35. The van der Waals surface area contributed by atoms with Crippen molar-refractivity contribution in [2.45, 2.75) is 19.3 Å². The van der Waals surface area contributed by atoms with Crippen molar-refractivity contribution in [3.05, 3.63) is 59.1 Å². The minimum absolute atomic E-state index is 0.0432. The van der Waals surface area contributed by atoms with E-state index in [0.717, 1.165) is 32.4 Å². The molecule has 6 heteroatoms. The minimum atomic E-state index is -0.416. The molecule has 130 valence electrons. The molecule has 1 aliphatic rings. The maximum atomic E-state index is 12.7. The normalized spacial score (nSPS) is 14.0. The van der Waals surface area contributed by atoms with Gasteiger partial charge in [-0.25, -0.2) is 4.79 Å². The third kappa shape index (κ3) is 4.51. The fourth-order valence-corrected chi connectivity index (χ4v) is 3.09. The van der Waals surface area contributed by atoms with Crippen molar-refractivity contribution in [1.29, 1.82) is 0 Å². The van der Waals surface area contributed by atoms with Crippen LogP contribution in [0.25, 0.3) is 0 Å². The highest BCUT2D eigenvalue weighted by Gasteiger charge is 2.21. The van der Waals surface area contributed by atoms with Crippen LogP contribution >= 0.6 is 11.6 Å². The van der Waals surface area contributed by atoms with Gasteiger partial charge in [0.05, 0.1) is 11.3 Å². The number of piperidine rings is 1. The molecule has 2 aromatic rings. The van der Waals surface area contributed by atoms with E-state index in [1.54, 1.807) is 48.5 Å². The summed E-state index contributed by atoms with van der Waals surface area (Å²) in [7, 11) is 0. The van der Waals surface area contributed by atoms with Crippen LogP contribution in [0.2, 0.25) is 5.02 Å². The number of likely N-dealkylation sites (tertiary alicyclic amines) is 1. The Labute approximate surface area is 152 Å². The van der Waals surface area contributed by atoms with Crippen LogP contribution in [0.15, 0.2) is 48.5 Å². The van der Waals surface area contributed by atoms with Gasteiger partial charge in [0.25, 0.3) is 5.91 Å². The van der Waals surface area contributed by atoms with E-state index in [1.165, 1.54) is 0 Å². The van der Waals surface area contributed by atoms with Crippen molar-refractivity contribution >= 4 is 34.9 Å². The number of hydrogen-bond acceptors (Lipinski definition) is 2. The molecule has 0 aromatic heterocycles. The molecule has 0 spiro atoms. The summed E-state index contributed by atoms with van der Waals surface area (Å²) >= 11 is 5.92. The molecule has 0 bridgehead atoms. The van der Waals surface area contributed by atoms with Crippen molar-refractivity contribution in [1.82, 2.24) is 4.90 Å². The van der Waals surface area contributed by atoms with Crippen LogP contribution in [0.3, 0.4) is 0 Å². The van der Waals surface area contributed by atoms with Gasteiger partial charge in [0.15, 0.2) is 0 Å². The average molecular weight is 358 g/mol. The van der Waals surface area contributed by atoms with Crippen LogP contribution in [0, 0.1) is 0 Å². The topological polar surface area (TPSA) is 61.4 Å². The average Bonchev–Trinajstić information content (AvgIpc) is 2.62. The van der Waals surface area contributed by atoms with E-state index in [9.17, 15) is 9.59 Å². The van der Waals surface area contributed by atoms with Crippen LogP contribution in [0.1, 0.15) is 29.6 Å². The molecule has 1 heterocycles. The Hall–Kier alpha value is -2.53. The molecule has 1 fully saturated rings.